The molecule has 0 aliphatic heterocycles. The Bertz CT molecular complexity index is 1570. The van der Waals surface area contributed by atoms with Crippen molar-refractivity contribution in [2.24, 2.45) is 0 Å². The van der Waals surface area contributed by atoms with Gasteiger partial charge in [0, 0.05) is 19.3 Å². The van der Waals surface area contributed by atoms with Gasteiger partial charge in [0.05, 0.1) is 36.5 Å². The molecular formula is C24H18F18O12S. The number of hydrogen-bond donors (Lipinski definition) is 4. The van der Waals surface area contributed by atoms with Crippen LogP contribution in [0.15, 0.2) is 17.0 Å². The van der Waals surface area contributed by atoms with Crippen molar-refractivity contribution in [3.63, 3.8) is 0 Å². The van der Waals surface area contributed by atoms with E-state index >= 15 is 0 Å². The molecule has 1 aromatic carbocycles. The zero-order valence-corrected chi connectivity index (χ0v) is 26.5. The number of alkyl halides is 18. The summed E-state index contributed by atoms with van der Waals surface area (Å²) in [5.41, 5.74) is -22.9. The average Bonchev–Trinajstić information content (AvgIpc) is 2.95. The van der Waals surface area contributed by atoms with Crippen LogP contribution in [0.4, 0.5) is 79.0 Å². The van der Waals surface area contributed by atoms with Crippen LogP contribution in [-0.4, -0.2) is 120 Å². The van der Waals surface area contributed by atoms with Gasteiger partial charge in [-0.1, -0.05) is 0 Å². The van der Waals surface area contributed by atoms with Gasteiger partial charge in [-0.2, -0.15) is 87.4 Å². The van der Waals surface area contributed by atoms with Crippen LogP contribution in [-0.2, 0) is 24.3 Å². The van der Waals surface area contributed by atoms with Crippen LogP contribution in [0, 0.1) is 0 Å². The third-order valence-corrected chi connectivity index (χ3v) is 7.88. The van der Waals surface area contributed by atoms with Crippen molar-refractivity contribution in [2.75, 3.05) is 19.8 Å². The topological polar surface area (TPSA) is 194 Å². The summed E-state index contributed by atoms with van der Waals surface area (Å²) in [4.78, 5) is 35.5. The molecule has 55 heavy (non-hydrogen) atoms. The first-order valence-corrected chi connectivity index (χ1v) is 14.8. The van der Waals surface area contributed by atoms with E-state index in [1.807, 2.05) is 0 Å². The van der Waals surface area contributed by atoms with E-state index in [-0.39, 0.29) is 12.1 Å². The maximum Gasteiger partial charge on any atom is 0.426 e. The fraction of sp³-hybridized carbons (Fsp3) is 0.625. The summed E-state index contributed by atoms with van der Waals surface area (Å²) in [5, 5.41) is 27.4. The van der Waals surface area contributed by atoms with Gasteiger partial charge < -0.3 is 29.5 Å². The van der Waals surface area contributed by atoms with Gasteiger partial charge in [-0.15, -0.1) is 0 Å². The number of carbonyl (C=O) groups is 3. The van der Waals surface area contributed by atoms with Crippen LogP contribution < -0.4 is 0 Å². The number of hydrogen-bond acceptors (Lipinski definition) is 11. The van der Waals surface area contributed by atoms with Gasteiger partial charge in [-0.25, -0.2) is 14.4 Å². The van der Waals surface area contributed by atoms with Gasteiger partial charge in [-0.05, 0) is 12.1 Å². The maximum absolute atomic E-state index is 13.0. The predicted octanol–water partition coefficient (Wildman–Crippen LogP) is 5.14. The Kier molecular flexibility index (Phi) is 13.9. The molecular weight excluding hydrogens is 854 g/mol. The van der Waals surface area contributed by atoms with Crippen LogP contribution >= 0.6 is 0 Å². The van der Waals surface area contributed by atoms with E-state index in [1.165, 1.54) is 0 Å². The highest BCUT2D eigenvalue weighted by Crippen LogP contribution is 2.47. The van der Waals surface area contributed by atoms with E-state index in [0.29, 0.717) is 0 Å². The third kappa shape index (κ3) is 10.5. The van der Waals surface area contributed by atoms with Gasteiger partial charge in [0.1, 0.15) is 4.90 Å². The molecule has 0 spiro atoms. The number of esters is 3. The number of halogens is 18. The molecule has 4 N–H and O–H groups in total. The zero-order valence-electron chi connectivity index (χ0n) is 25.7. The van der Waals surface area contributed by atoms with Crippen molar-refractivity contribution in [1.29, 1.82) is 0 Å². The quantitative estimate of drug-likeness (QED) is 0.0885. The lowest BCUT2D eigenvalue weighted by atomic mass is 9.98. The summed E-state index contributed by atoms with van der Waals surface area (Å²) >= 11 is 0. The molecule has 0 aromatic heterocycles. The highest BCUT2D eigenvalue weighted by atomic mass is 32.2. The third-order valence-electron chi connectivity index (χ3n) is 6.93. The number of benzene rings is 1. The molecule has 12 nitrogen and oxygen atoms in total. The van der Waals surface area contributed by atoms with Crippen LogP contribution in [0.5, 0.6) is 0 Å². The van der Waals surface area contributed by atoms with Crippen LogP contribution in [0.25, 0.3) is 0 Å². The summed E-state index contributed by atoms with van der Waals surface area (Å²) < 4.78 is 279. The maximum atomic E-state index is 13.0. The molecule has 0 fully saturated rings. The first-order chi connectivity index (χ1) is 24.1. The normalized spacial score (nSPS) is 14.4. The number of aliphatic hydroxyl groups is 3. The summed E-state index contributed by atoms with van der Waals surface area (Å²) in [6, 6.07) is -0.675. The average molecular weight is 872 g/mol. The largest absolute Gasteiger partial charge is 0.462 e. The molecule has 0 bridgehead atoms. The second kappa shape index (κ2) is 15.6. The molecule has 318 valence electrons. The Morgan fingerprint density at radius 3 is 0.891 bits per heavy atom. The fourth-order valence-electron chi connectivity index (χ4n) is 3.77. The van der Waals surface area contributed by atoms with Gasteiger partial charge in [-0.3, -0.25) is 4.55 Å². The Morgan fingerprint density at radius 1 is 0.473 bits per heavy atom. The van der Waals surface area contributed by atoms with E-state index in [2.05, 4.69) is 14.2 Å². The second-order valence-electron chi connectivity index (χ2n) is 10.6. The van der Waals surface area contributed by atoms with E-state index in [1.54, 1.807) is 0 Å². The Hall–Kier alpha value is -3.84. The first kappa shape index (κ1) is 49.2. The molecule has 0 saturated heterocycles. The standard InChI is InChI=1S/C24H18F18O12S/c25-19(26,27)16(46,20(28,29)30)1-4-52-13(43)9-7-10(14(44)53-5-2-17(47,21(31,32)33)22(34,35)36)12(55(49,50)51)11(8-9)15(45)54-6-3-18(48,23(37,38)39)24(40,41)42/h7-8,46-48H,1-6H2,(H,49,50,51). The van der Waals surface area contributed by atoms with Crippen molar-refractivity contribution < 1.29 is 136 Å². The molecule has 0 saturated carbocycles. The lowest BCUT2D eigenvalue weighted by Crippen LogP contribution is -2.57. The zero-order chi connectivity index (χ0) is 43.8. The highest BCUT2D eigenvalue weighted by molar-refractivity contribution is 7.86. The van der Waals surface area contributed by atoms with Crippen LogP contribution in [0.3, 0.4) is 0 Å². The van der Waals surface area contributed by atoms with Gasteiger partial charge >= 0.3 is 55.0 Å². The van der Waals surface area contributed by atoms with Crippen molar-refractivity contribution in [3.05, 3.63) is 28.8 Å². The number of rotatable bonds is 13. The van der Waals surface area contributed by atoms with E-state index < -0.39 is 143 Å². The van der Waals surface area contributed by atoms with Crippen molar-refractivity contribution in [3.8, 4) is 0 Å². The second-order valence-corrected chi connectivity index (χ2v) is 12.0. The minimum absolute atomic E-state index is 0.337. The summed E-state index contributed by atoms with van der Waals surface area (Å²) in [7, 11) is -6.32. The van der Waals surface area contributed by atoms with Crippen molar-refractivity contribution in [2.45, 2.75) is 78.0 Å². The fourth-order valence-corrected chi connectivity index (χ4v) is 4.61. The lowest BCUT2D eigenvalue weighted by Gasteiger charge is -2.32. The molecule has 0 amide bonds. The Labute approximate surface area is 291 Å². The van der Waals surface area contributed by atoms with Crippen LogP contribution in [0.2, 0.25) is 0 Å². The predicted molar refractivity (Wildman–Crippen MR) is 132 cm³/mol. The van der Waals surface area contributed by atoms with E-state index in [0.717, 1.165) is 0 Å². The summed E-state index contributed by atoms with van der Waals surface area (Å²) in [6.07, 6.45) is -47.3. The summed E-state index contributed by atoms with van der Waals surface area (Å²) in [5.74, 6) is -7.64. The molecule has 0 atom stereocenters. The minimum Gasteiger partial charge on any atom is -0.462 e. The number of ether oxygens (including phenoxy) is 3. The van der Waals surface area contributed by atoms with E-state index in [4.69, 9.17) is 15.3 Å². The molecule has 31 heteroatoms. The van der Waals surface area contributed by atoms with Gasteiger partial charge in [0.2, 0.25) is 0 Å². The molecule has 0 aliphatic rings. The SMILES string of the molecule is O=C(OCCC(O)(C(F)(F)F)C(F)(F)F)c1cc(C(=O)OCCC(O)(C(F)(F)F)C(F)(F)F)c(S(=O)(=O)O)c(C(=O)OCCC(O)(C(F)(F)F)C(F)(F)F)c1. The minimum atomic E-state index is -6.58. The van der Waals surface area contributed by atoms with Gasteiger partial charge in [0.25, 0.3) is 26.9 Å². The van der Waals surface area contributed by atoms with Crippen molar-refractivity contribution >= 4 is 28.0 Å². The smallest absolute Gasteiger partial charge is 0.426 e. The molecule has 0 aliphatic carbocycles. The monoisotopic (exact) mass is 872 g/mol. The Balaban J connectivity index is 3.82. The number of carbonyl (C=O) groups excluding carboxylic acids is 3. The molecule has 1 aromatic rings. The molecule has 1 rings (SSSR count). The van der Waals surface area contributed by atoms with Crippen LogP contribution in [0.1, 0.15) is 50.3 Å². The van der Waals surface area contributed by atoms with Gasteiger partial charge in [0.15, 0.2) is 0 Å². The molecule has 0 radical (unpaired) electrons. The first-order valence-electron chi connectivity index (χ1n) is 13.3. The highest BCUT2D eigenvalue weighted by Gasteiger charge is 2.72. The molecule has 0 unspecified atom stereocenters. The Morgan fingerprint density at radius 2 is 0.691 bits per heavy atom. The lowest BCUT2D eigenvalue weighted by molar-refractivity contribution is -0.371. The van der Waals surface area contributed by atoms with E-state index in [9.17, 15) is 106 Å². The molecule has 0 heterocycles. The summed E-state index contributed by atoms with van der Waals surface area (Å²) in [6.45, 7) is -6.65. The van der Waals surface area contributed by atoms with Crippen molar-refractivity contribution in [1.82, 2.24) is 0 Å².